The van der Waals surface area contributed by atoms with Crippen LogP contribution < -0.4 is 4.74 Å². The molecule has 26 heavy (non-hydrogen) atoms. The highest BCUT2D eigenvalue weighted by Crippen LogP contribution is 2.44. The van der Waals surface area contributed by atoms with Crippen LogP contribution in [0.15, 0.2) is 24.3 Å². The highest BCUT2D eigenvalue weighted by Gasteiger charge is 2.32. The molecule has 1 aromatic rings. The SMILES string of the molecule is FC(F)(F)Oc1ccc([C@H]2CC[C@H]([C@H]3CC[C@H](CCCl)CC3)CC2)cc1. The van der Waals surface area contributed by atoms with Crippen molar-refractivity contribution in [3.8, 4) is 5.75 Å². The van der Waals surface area contributed by atoms with E-state index in [4.69, 9.17) is 11.6 Å². The van der Waals surface area contributed by atoms with Crippen LogP contribution >= 0.6 is 11.6 Å². The minimum Gasteiger partial charge on any atom is -0.406 e. The third kappa shape index (κ3) is 5.55. The topological polar surface area (TPSA) is 9.23 Å². The highest BCUT2D eigenvalue weighted by molar-refractivity contribution is 6.17. The number of ether oxygens (including phenoxy) is 1. The lowest BCUT2D eigenvalue weighted by Crippen LogP contribution is -2.25. The summed E-state index contributed by atoms with van der Waals surface area (Å²) in [7, 11) is 0. The van der Waals surface area contributed by atoms with E-state index in [0.717, 1.165) is 48.5 Å². The van der Waals surface area contributed by atoms with Crippen molar-refractivity contribution >= 4 is 11.6 Å². The minimum atomic E-state index is -4.62. The second-order valence-corrected chi connectivity index (χ2v) is 8.36. The molecule has 5 heteroatoms. The molecule has 0 aliphatic heterocycles. The molecule has 3 rings (SSSR count). The van der Waals surface area contributed by atoms with Crippen molar-refractivity contribution in [1.29, 1.82) is 0 Å². The molecule has 0 spiro atoms. The molecule has 2 aliphatic carbocycles. The quantitative estimate of drug-likeness (QED) is 0.481. The van der Waals surface area contributed by atoms with Crippen LogP contribution in [-0.2, 0) is 0 Å². The van der Waals surface area contributed by atoms with Gasteiger partial charge < -0.3 is 4.74 Å². The maximum absolute atomic E-state index is 12.3. The fourth-order valence-electron chi connectivity index (χ4n) is 4.97. The van der Waals surface area contributed by atoms with Gasteiger partial charge in [0.25, 0.3) is 0 Å². The maximum atomic E-state index is 12.3. The Balaban J connectivity index is 1.46. The average Bonchev–Trinajstić information content (AvgIpc) is 2.62. The predicted octanol–water partition coefficient (Wildman–Crippen LogP) is 7.29. The zero-order valence-corrected chi connectivity index (χ0v) is 15.9. The van der Waals surface area contributed by atoms with Crippen molar-refractivity contribution in [2.24, 2.45) is 17.8 Å². The summed E-state index contributed by atoms with van der Waals surface area (Å²) in [5.74, 6) is 3.65. The van der Waals surface area contributed by atoms with E-state index in [1.807, 2.05) is 0 Å². The molecule has 0 amide bonds. The van der Waals surface area contributed by atoms with Gasteiger partial charge in [0, 0.05) is 5.88 Å². The molecule has 0 saturated heterocycles. The summed E-state index contributed by atoms with van der Waals surface area (Å²) >= 11 is 5.87. The normalized spacial score (nSPS) is 30.2. The molecule has 0 heterocycles. The Hall–Kier alpha value is -0.900. The van der Waals surface area contributed by atoms with E-state index in [0.29, 0.717) is 5.92 Å². The summed E-state index contributed by atoms with van der Waals surface area (Å²) in [6.45, 7) is 0. The molecule has 0 unspecified atom stereocenters. The summed E-state index contributed by atoms with van der Waals surface area (Å²) in [4.78, 5) is 0. The van der Waals surface area contributed by atoms with Crippen molar-refractivity contribution in [3.05, 3.63) is 29.8 Å². The van der Waals surface area contributed by atoms with E-state index in [1.165, 1.54) is 50.7 Å². The van der Waals surface area contributed by atoms with E-state index >= 15 is 0 Å². The van der Waals surface area contributed by atoms with Crippen LogP contribution in [0.1, 0.15) is 69.3 Å². The van der Waals surface area contributed by atoms with Crippen LogP contribution in [0, 0.1) is 17.8 Å². The van der Waals surface area contributed by atoms with Crippen LogP contribution in [0.3, 0.4) is 0 Å². The van der Waals surface area contributed by atoms with Gasteiger partial charge in [0.05, 0.1) is 0 Å². The first-order chi connectivity index (χ1) is 12.4. The molecule has 0 aromatic heterocycles. The number of hydrogen-bond donors (Lipinski definition) is 0. The van der Waals surface area contributed by atoms with E-state index < -0.39 is 6.36 Å². The number of halogens is 4. The Morgan fingerprint density at radius 1 is 0.846 bits per heavy atom. The second kappa shape index (κ2) is 8.86. The number of hydrogen-bond acceptors (Lipinski definition) is 1. The van der Waals surface area contributed by atoms with Crippen LogP contribution in [0.2, 0.25) is 0 Å². The third-order valence-electron chi connectivity index (χ3n) is 6.43. The van der Waals surface area contributed by atoms with Crippen molar-refractivity contribution in [3.63, 3.8) is 0 Å². The molecule has 0 atom stereocenters. The molecule has 2 saturated carbocycles. The smallest absolute Gasteiger partial charge is 0.406 e. The van der Waals surface area contributed by atoms with Gasteiger partial charge in [0.15, 0.2) is 0 Å². The second-order valence-electron chi connectivity index (χ2n) is 7.99. The summed E-state index contributed by atoms with van der Waals surface area (Å²) in [5.41, 5.74) is 1.14. The lowest BCUT2D eigenvalue weighted by molar-refractivity contribution is -0.274. The summed E-state index contributed by atoms with van der Waals surface area (Å²) in [5, 5.41) is 0. The predicted molar refractivity (Wildman–Crippen MR) is 98.6 cm³/mol. The molecule has 2 aliphatic rings. The van der Waals surface area contributed by atoms with Crippen molar-refractivity contribution in [2.45, 2.75) is 70.1 Å². The fraction of sp³-hybridized carbons (Fsp3) is 0.714. The molecule has 0 radical (unpaired) electrons. The fourth-order valence-corrected chi connectivity index (χ4v) is 5.28. The van der Waals surface area contributed by atoms with Crippen LogP contribution in [0.5, 0.6) is 5.75 Å². The van der Waals surface area contributed by atoms with Crippen molar-refractivity contribution < 1.29 is 17.9 Å². The van der Waals surface area contributed by atoms with Crippen LogP contribution in [-0.4, -0.2) is 12.2 Å². The van der Waals surface area contributed by atoms with Crippen LogP contribution in [0.25, 0.3) is 0 Å². The minimum absolute atomic E-state index is 0.136. The van der Waals surface area contributed by atoms with Gasteiger partial charge in [-0.2, -0.15) is 0 Å². The third-order valence-corrected chi connectivity index (χ3v) is 6.65. The molecule has 1 aromatic carbocycles. The monoisotopic (exact) mass is 388 g/mol. The van der Waals surface area contributed by atoms with Gasteiger partial charge in [-0.25, -0.2) is 0 Å². The van der Waals surface area contributed by atoms with E-state index in [2.05, 4.69) is 4.74 Å². The molecular weight excluding hydrogens is 361 g/mol. The molecule has 146 valence electrons. The Bertz CT molecular complexity index is 541. The molecular formula is C21H28ClF3O. The van der Waals surface area contributed by atoms with Crippen molar-refractivity contribution in [1.82, 2.24) is 0 Å². The molecule has 0 bridgehead atoms. The van der Waals surface area contributed by atoms with Crippen LogP contribution in [0.4, 0.5) is 13.2 Å². The van der Waals surface area contributed by atoms with E-state index in [1.54, 1.807) is 12.1 Å². The van der Waals surface area contributed by atoms with E-state index in [9.17, 15) is 13.2 Å². The van der Waals surface area contributed by atoms with Gasteiger partial charge in [0.1, 0.15) is 5.75 Å². The average molecular weight is 389 g/mol. The summed E-state index contributed by atoms with van der Waals surface area (Å²) in [6, 6.07) is 6.47. The van der Waals surface area contributed by atoms with E-state index in [-0.39, 0.29) is 5.75 Å². The first kappa shape index (κ1) is 19.9. The van der Waals surface area contributed by atoms with Crippen molar-refractivity contribution in [2.75, 3.05) is 5.88 Å². The zero-order valence-electron chi connectivity index (χ0n) is 15.1. The standard InChI is InChI=1S/C21H28ClF3O/c22-14-13-15-1-3-16(4-2-15)17-5-7-18(8-6-17)19-9-11-20(12-10-19)26-21(23,24)25/h9-12,15-18H,1-8,13-14H2/t15-,16-,17-,18-. The van der Waals surface area contributed by atoms with Gasteiger partial charge in [-0.05, 0) is 86.3 Å². The zero-order chi connectivity index (χ0) is 18.6. The summed E-state index contributed by atoms with van der Waals surface area (Å²) < 4.78 is 40.7. The van der Waals surface area contributed by atoms with Gasteiger partial charge in [-0.15, -0.1) is 24.8 Å². The lowest BCUT2D eigenvalue weighted by Gasteiger charge is -2.38. The maximum Gasteiger partial charge on any atom is 0.573 e. The number of benzene rings is 1. The number of alkyl halides is 4. The highest BCUT2D eigenvalue weighted by atomic mass is 35.5. The van der Waals surface area contributed by atoms with Gasteiger partial charge in [-0.1, -0.05) is 25.0 Å². The lowest BCUT2D eigenvalue weighted by atomic mass is 9.68. The van der Waals surface area contributed by atoms with Gasteiger partial charge in [-0.3, -0.25) is 0 Å². The summed E-state index contributed by atoms with van der Waals surface area (Å²) in [6.07, 6.45) is 6.68. The van der Waals surface area contributed by atoms with Gasteiger partial charge >= 0.3 is 6.36 Å². The first-order valence-electron chi connectivity index (χ1n) is 9.86. The Morgan fingerprint density at radius 3 is 1.88 bits per heavy atom. The van der Waals surface area contributed by atoms with Gasteiger partial charge in [0.2, 0.25) is 0 Å². The largest absolute Gasteiger partial charge is 0.573 e. The molecule has 1 nitrogen and oxygen atoms in total. The Morgan fingerprint density at radius 2 is 1.38 bits per heavy atom. The number of rotatable bonds is 5. The molecule has 2 fully saturated rings. The Labute approximate surface area is 159 Å². The Kier molecular flexibility index (Phi) is 6.76. The molecule has 0 N–H and O–H groups in total. The first-order valence-corrected chi connectivity index (χ1v) is 10.4.